The van der Waals surface area contributed by atoms with E-state index in [-0.39, 0.29) is 24.5 Å². The summed E-state index contributed by atoms with van der Waals surface area (Å²) >= 11 is 5.68. The molecule has 0 saturated carbocycles. The minimum atomic E-state index is -3.11. The van der Waals surface area contributed by atoms with Crippen LogP contribution in [0, 0.1) is 0 Å². The van der Waals surface area contributed by atoms with Crippen LogP contribution < -0.4 is 0 Å². The van der Waals surface area contributed by atoms with Gasteiger partial charge >= 0.3 is 0 Å². The number of halogens is 1. The molecule has 0 atom stereocenters. The van der Waals surface area contributed by atoms with E-state index in [1.165, 1.54) is 0 Å². The van der Waals surface area contributed by atoms with Crippen LogP contribution in [0.25, 0.3) is 0 Å². The molecule has 0 radical (unpaired) electrons. The zero-order chi connectivity index (χ0) is 11.3. The van der Waals surface area contributed by atoms with Gasteiger partial charge in [0.25, 0.3) is 0 Å². The normalized spacial score (nSPS) is 11.6. The molecule has 0 bridgehead atoms. The van der Waals surface area contributed by atoms with Crippen molar-refractivity contribution >= 4 is 21.4 Å². The van der Waals surface area contributed by atoms with Crippen molar-refractivity contribution in [3.63, 3.8) is 0 Å². The topological polar surface area (TPSA) is 54.4 Å². The highest BCUT2D eigenvalue weighted by Gasteiger charge is 2.11. The fourth-order valence-corrected chi connectivity index (χ4v) is 2.73. The Hall–Kier alpha value is -0.580. The van der Waals surface area contributed by atoms with E-state index in [2.05, 4.69) is 0 Å². The summed E-state index contributed by atoms with van der Waals surface area (Å²) in [6.45, 7) is -0.0974. The van der Waals surface area contributed by atoms with Crippen LogP contribution in [0.3, 0.4) is 0 Å². The molecule has 0 heterocycles. The van der Waals surface area contributed by atoms with Crippen LogP contribution >= 0.6 is 11.6 Å². The highest BCUT2D eigenvalue weighted by Crippen LogP contribution is 2.12. The Balaban J connectivity index is 2.65. The summed E-state index contributed by atoms with van der Waals surface area (Å²) in [6.07, 6.45) is 0.288. The molecule has 1 N–H and O–H groups in total. The van der Waals surface area contributed by atoms with Gasteiger partial charge < -0.3 is 5.11 Å². The van der Waals surface area contributed by atoms with E-state index in [4.69, 9.17) is 16.7 Å². The summed E-state index contributed by atoms with van der Waals surface area (Å²) in [5.41, 5.74) is 0.720. The smallest absolute Gasteiger partial charge is 0.154 e. The minimum Gasteiger partial charge on any atom is -0.396 e. The molecule has 15 heavy (non-hydrogen) atoms. The van der Waals surface area contributed by atoms with Gasteiger partial charge in [0, 0.05) is 11.6 Å². The molecular formula is C10H13ClO3S. The molecule has 0 saturated heterocycles. The maximum absolute atomic E-state index is 11.5. The maximum atomic E-state index is 11.5. The Bertz CT molecular complexity index is 397. The molecular weight excluding hydrogens is 236 g/mol. The summed E-state index contributed by atoms with van der Waals surface area (Å²) in [6, 6.07) is 6.72. The van der Waals surface area contributed by atoms with E-state index in [1.54, 1.807) is 24.3 Å². The lowest BCUT2D eigenvalue weighted by Gasteiger charge is -2.03. The van der Waals surface area contributed by atoms with Crippen LogP contribution in [-0.2, 0) is 15.6 Å². The highest BCUT2D eigenvalue weighted by atomic mass is 35.5. The second-order valence-electron chi connectivity index (χ2n) is 3.30. The minimum absolute atomic E-state index is 0.00414. The van der Waals surface area contributed by atoms with E-state index in [1.807, 2.05) is 0 Å². The van der Waals surface area contributed by atoms with Gasteiger partial charge in [0.05, 0.1) is 11.5 Å². The molecule has 0 aliphatic heterocycles. The Morgan fingerprint density at radius 2 is 1.80 bits per heavy atom. The Morgan fingerprint density at radius 1 is 1.20 bits per heavy atom. The molecule has 1 aromatic carbocycles. The van der Waals surface area contributed by atoms with Crippen molar-refractivity contribution in [1.29, 1.82) is 0 Å². The molecule has 0 aliphatic rings. The monoisotopic (exact) mass is 248 g/mol. The van der Waals surface area contributed by atoms with Crippen molar-refractivity contribution in [1.82, 2.24) is 0 Å². The van der Waals surface area contributed by atoms with Gasteiger partial charge in [-0.15, -0.1) is 0 Å². The average molecular weight is 249 g/mol. The predicted molar refractivity (Wildman–Crippen MR) is 60.6 cm³/mol. The van der Waals surface area contributed by atoms with Crippen molar-refractivity contribution in [3.8, 4) is 0 Å². The molecule has 1 rings (SSSR count). The first-order valence-electron chi connectivity index (χ1n) is 4.59. The standard InChI is InChI=1S/C10H13ClO3S/c11-10-4-2-9(3-5-10)8-15(13,14)7-1-6-12/h2-5,12H,1,6-8H2. The second kappa shape index (κ2) is 5.49. The zero-order valence-corrected chi connectivity index (χ0v) is 9.76. The molecule has 0 amide bonds. The Labute approximate surface area is 94.6 Å². The van der Waals surface area contributed by atoms with Crippen LogP contribution in [0.15, 0.2) is 24.3 Å². The number of sulfone groups is 1. The first-order valence-corrected chi connectivity index (χ1v) is 6.79. The van der Waals surface area contributed by atoms with Gasteiger partial charge in [-0.05, 0) is 24.1 Å². The van der Waals surface area contributed by atoms with Gasteiger partial charge in [0.1, 0.15) is 0 Å². The number of hydrogen-bond donors (Lipinski definition) is 1. The summed E-state index contributed by atoms with van der Waals surface area (Å²) in [7, 11) is -3.11. The lowest BCUT2D eigenvalue weighted by molar-refractivity contribution is 0.295. The molecule has 1 aromatic rings. The van der Waals surface area contributed by atoms with E-state index >= 15 is 0 Å². The largest absolute Gasteiger partial charge is 0.396 e. The first-order chi connectivity index (χ1) is 7.03. The van der Waals surface area contributed by atoms with E-state index in [0.29, 0.717) is 5.02 Å². The van der Waals surface area contributed by atoms with Gasteiger partial charge in [0.2, 0.25) is 0 Å². The summed E-state index contributed by atoms with van der Waals surface area (Å²) in [5.74, 6) is 0.0241. The summed E-state index contributed by atoms with van der Waals surface area (Å²) in [4.78, 5) is 0. The summed E-state index contributed by atoms with van der Waals surface area (Å²) in [5, 5.41) is 9.14. The molecule has 0 fully saturated rings. The van der Waals surface area contributed by atoms with E-state index < -0.39 is 9.84 Å². The lowest BCUT2D eigenvalue weighted by atomic mass is 10.2. The van der Waals surface area contributed by atoms with Crippen LogP contribution in [-0.4, -0.2) is 25.9 Å². The molecule has 84 valence electrons. The van der Waals surface area contributed by atoms with Crippen LogP contribution in [0.2, 0.25) is 5.02 Å². The quantitative estimate of drug-likeness (QED) is 0.862. The van der Waals surface area contributed by atoms with Gasteiger partial charge in [-0.1, -0.05) is 23.7 Å². The SMILES string of the molecule is O=S(=O)(CCCO)Cc1ccc(Cl)cc1. The van der Waals surface area contributed by atoms with Crippen molar-refractivity contribution in [2.75, 3.05) is 12.4 Å². The number of aliphatic hydroxyl groups is 1. The Morgan fingerprint density at radius 3 is 2.33 bits per heavy atom. The molecule has 3 nitrogen and oxygen atoms in total. The first kappa shape index (κ1) is 12.5. The summed E-state index contributed by atoms with van der Waals surface area (Å²) < 4.78 is 23.0. The fourth-order valence-electron chi connectivity index (χ4n) is 1.19. The lowest BCUT2D eigenvalue weighted by Crippen LogP contribution is -2.10. The van der Waals surface area contributed by atoms with Crippen LogP contribution in [0.1, 0.15) is 12.0 Å². The van der Waals surface area contributed by atoms with Crippen molar-refractivity contribution in [2.45, 2.75) is 12.2 Å². The average Bonchev–Trinajstić information content (AvgIpc) is 2.18. The molecule has 0 aromatic heterocycles. The van der Waals surface area contributed by atoms with Crippen LogP contribution in [0.4, 0.5) is 0 Å². The second-order valence-corrected chi connectivity index (χ2v) is 5.92. The molecule has 0 aliphatic carbocycles. The molecule has 0 unspecified atom stereocenters. The van der Waals surface area contributed by atoms with Crippen LogP contribution in [0.5, 0.6) is 0 Å². The number of benzene rings is 1. The van der Waals surface area contributed by atoms with Crippen molar-refractivity contribution in [3.05, 3.63) is 34.9 Å². The number of hydrogen-bond acceptors (Lipinski definition) is 3. The van der Waals surface area contributed by atoms with Gasteiger partial charge in [-0.2, -0.15) is 0 Å². The van der Waals surface area contributed by atoms with E-state index in [0.717, 1.165) is 5.56 Å². The fraction of sp³-hybridized carbons (Fsp3) is 0.400. The molecule has 0 spiro atoms. The van der Waals surface area contributed by atoms with Gasteiger partial charge in [-0.25, -0.2) is 8.42 Å². The highest BCUT2D eigenvalue weighted by molar-refractivity contribution is 7.90. The van der Waals surface area contributed by atoms with Crippen molar-refractivity contribution in [2.24, 2.45) is 0 Å². The van der Waals surface area contributed by atoms with Crippen molar-refractivity contribution < 1.29 is 13.5 Å². The molecule has 5 heteroatoms. The number of rotatable bonds is 5. The third-order valence-corrected chi connectivity index (χ3v) is 3.85. The van der Waals surface area contributed by atoms with E-state index in [9.17, 15) is 8.42 Å². The van der Waals surface area contributed by atoms with Gasteiger partial charge in [0.15, 0.2) is 9.84 Å². The predicted octanol–water partition coefficient (Wildman–Crippen LogP) is 1.64. The third-order valence-electron chi connectivity index (χ3n) is 1.91. The number of aliphatic hydroxyl groups excluding tert-OH is 1. The third kappa shape index (κ3) is 4.64. The van der Waals surface area contributed by atoms with Gasteiger partial charge in [-0.3, -0.25) is 0 Å². The maximum Gasteiger partial charge on any atom is 0.154 e. The Kier molecular flexibility index (Phi) is 4.57. The zero-order valence-electron chi connectivity index (χ0n) is 8.19.